The lowest BCUT2D eigenvalue weighted by molar-refractivity contribution is -0.140. The Labute approximate surface area is 292 Å². The minimum atomic E-state index is -4.34. The van der Waals surface area contributed by atoms with Crippen molar-refractivity contribution in [3.63, 3.8) is 0 Å². The van der Waals surface area contributed by atoms with E-state index in [9.17, 15) is 18.0 Å². The van der Waals surface area contributed by atoms with Crippen LogP contribution in [0.2, 0.25) is 10.0 Å². The number of sulfonamides is 1. The molecule has 0 radical (unpaired) electrons. The molecule has 0 saturated carbocycles. The van der Waals surface area contributed by atoms with E-state index in [-0.39, 0.29) is 46.3 Å². The zero-order valence-corrected chi connectivity index (χ0v) is 29.6. The molecule has 254 valence electrons. The van der Waals surface area contributed by atoms with Gasteiger partial charge in [-0.15, -0.1) is 0 Å². The molecule has 0 aromatic heterocycles. The second-order valence-corrected chi connectivity index (χ2v) is 13.8. The number of para-hydroxylation sites is 1. The first-order chi connectivity index (χ1) is 23.0. The van der Waals surface area contributed by atoms with Gasteiger partial charge in [-0.3, -0.25) is 13.9 Å². The molecule has 0 aliphatic heterocycles. The van der Waals surface area contributed by atoms with E-state index in [0.29, 0.717) is 22.8 Å². The molecule has 48 heavy (non-hydrogen) atoms. The summed E-state index contributed by atoms with van der Waals surface area (Å²) < 4.78 is 40.4. The van der Waals surface area contributed by atoms with Crippen LogP contribution in [-0.2, 0) is 32.6 Å². The number of amides is 2. The summed E-state index contributed by atoms with van der Waals surface area (Å²) in [5, 5.41) is 3.64. The number of nitrogens with one attached hydrogen (secondary N) is 1. The third-order valence-electron chi connectivity index (χ3n) is 7.88. The molecule has 4 aromatic rings. The fourth-order valence-corrected chi connectivity index (χ4v) is 6.81. The largest absolute Gasteiger partial charge is 0.493 e. The lowest BCUT2D eigenvalue weighted by Gasteiger charge is -2.34. The van der Waals surface area contributed by atoms with Gasteiger partial charge in [0.15, 0.2) is 11.5 Å². The smallest absolute Gasteiger partial charge is 0.264 e. The first kappa shape index (κ1) is 36.6. The van der Waals surface area contributed by atoms with Crippen molar-refractivity contribution in [3.05, 3.63) is 118 Å². The van der Waals surface area contributed by atoms with Crippen molar-refractivity contribution < 1.29 is 27.5 Å². The molecule has 0 fully saturated rings. The summed E-state index contributed by atoms with van der Waals surface area (Å²) in [6, 6.07) is 25.7. The van der Waals surface area contributed by atoms with Crippen LogP contribution in [0.25, 0.3) is 0 Å². The summed E-state index contributed by atoms with van der Waals surface area (Å²) in [4.78, 5) is 29.9. The number of ether oxygens (including phenoxy) is 2. The monoisotopic (exact) mass is 711 g/mol. The molecule has 0 spiro atoms. The highest BCUT2D eigenvalue weighted by Crippen LogP contribution is 2.32. The highest BCUT2D eigenvalue weighted by molar-refractivity contribution is 7.92. The van der Waals surface area contributed by atoms with Crippen LogP contribution in [0.15, 0.2) is 102 Å². The maximum Gasteiger partial charge on any atom is 0.264 e. The van der Waals surface area contributed by atoms with Gasteiger partial charge in [0.25, 0.3) is 10.0 Å². The van der Waals surface area contributed by atoms with E-state index in [4.69, 9.17) is 32.7 Å². The number of hydrogen-bond donors (Lipinski definition) is 1. The Morgan fingerprint density at radius 1 is 0.812 bits per heavy atom. The van der Waals surface area contributed by atoms with Crippen molar-refractivity contribution in [2.45, 2.75) is 50.2 Å². The Hall–Kier alpha value is -4.25. The molecule has 0 aliphatic rings. The molecule has 4 rings (SSSR count). The predicted octanol–water partition coefficient (Wildman–Crippen LogP) is 6.76. The van der Waals surface area contributed by atoms with Crippen molar-refractivity contribution in [1.82, 2.24) is 10.2 Å². The van der Waals surface area contributed by atoms with Gasteiger partial charge in [0.05, 0.1) is 34.8 Å². The van der Waals surface area contributed by atoms with Gasteiger partial charge >= 0.3 is 0 Å². The van der Waals surface area contributed by atoms with Crippen LogP contribution >= 0.6 is 23.2 Å². The Morgan fingerprint density at radius 2 is 1.46 bits per heavy atom. The van der Waals surface area contributed by atoms with Crippen LogP contribution in [0.4, 0.5) is 5.69 Å². The SMILES string of the molecule is CC[C@@H](C)NC(=O)[C@H](Cc1ccccc1)N(Cc1ccc(Cl)c(Cl)c1)C(=O)CN(c1ccccc1)S(=O)(=O)c1ccc(OC)c(OC)c1. The van der Waals surface area contributed by atoms with Crippen LogP contribution in [0.3, 0.4) is 0 Å². The lowest BCUT2D eigenvalue weighted by atomic mass is 10.0. The molecule has 2 atom stereocenters. The summed E-state index contributed by atoms with van der Waals surface area (Å²) in [6.45, 7) is 3.19. The molecular weight excluding hydrogens is 673 g/mol. The highest BCUT2D eigenvalue weighted by Gasteiger charge is 2.35. The number of hydrogen-bond acceptors (Lipinski definition) is 6. The molecule has 2 amide bonds. The van der Waals surface area contributed by atoms with Crippen molar-refractivity contribution in [2.75, 3.05) is 25.1 Å². The van der Waals surface area contributed by atoms with E-state index >= 15 is 0 Å². The molecule has 1 N–H and O–H groups in total. The molecule has 0 saturated heterocycles. The molecule has 0 heterocycles. The number of rotatable bonds is 15. The van der Waals surface area contributed by atoms with Gasteiger partial charge < -0.3 is 19.7 Å². The number of carbonyl (C=O) groups is 2. The molecule has 0 unspecified atom stereocenters. The van der Waals surface area contributed by atoms with Crippen LogP contribution in [-0.4, -0.2) is 58.0 Å². The first-order valence-electron chi connectivity index (χ1n) is 15.4. The third kappa shape index (κ3) is 9.00. The number of benzene rings is 4. The molecule has 0 bridgehead atoms. The normalized spacial score (nSPS) is 12.5. The molecule has 9 nitrogen and oxygen atoms in total. The van der Waals surface area contributed by atoms with E-state index in [2.05, 4.69) is 5.32 Å². The first-order valence-corrected chi connectivity index (χ1v) is 17.6. The quantitative estimate of drug-likeness (QED) is 0.146. The summed E-state index contributed by atoms with van der Waals surface area (Å²) in [7, 11) is -1.48. The number of halogens is 2. The predicted molar refractivity (Wildman–Crippen MR) is 189 cm³/mol. The van der Waals surface area contributed by atoms with Crippen molar-refractivity contribution in [2.24, 2.45) is 0 Å². The van der Waals surface area contributed by atoms with Gasteiger partial charge in [-0.25, -0.2) is 8.42 Å². The fraction of sp³-hybridized carbons (Fsp3) is 0.278. The van der Waals surface area contributed by atoms with E-state index in [1.54, 1.807) is 48.5 Å². The average Bonchev–Trinajstić information content (AvgIpc) is 3.10. The second kappa shape index (κ2) is 16.7. The molecule has 12 heteroatoms. The van der Waals surface area contributed by atoms with E-state index in [1.807, 2.05) is 44.2 Å². The maximum absolute atomic E-state index is 14.6. The highest BCUT2D eigenvalue weighted by atomic mass is 35.5. The molecule has 4 aromatic carbocycles. The van der Waals surface area contributed by atoms with Gasteiger partial charge in [0.1, 0.15) is 12.6 Å². The number of anilines is 1. The third-order valence-corrected chi connectivity index (χ3v) is 10.4. The van der Waals surface area contributed by atoms with Gasteiger partial charge in [0, 0.05) is 25.1 Å². The minimum absolute atomic E-state index is 0.0415. The van der Waals surface area contributed by atoms with Gasteiger partial charge in [-0.05, 0) is 60.9 Å². The van der Waals surface area contributed by atoms with E-state index < -0.39 is 28.5 Å². The van der Waals surface area contributed by atoms with Gasteiger partial charge in [0.2, 0.25) is 11.8 Å². The summed E-state index contributed by atoms with van der Waals surface area (Å²) in [6.07, 6.45) is 0.861. The number of nitrogens with zero attached hydrogens (tertiary/aromatic N) is 2. The van der Waals surface area contributed by atoms with Gasteiger partial charge in [-0.1, -0.05) is 84.7 Å². The average molecular weight is 713 g/mol. The topological polar surface area (TPSA) is 105 Å². The Kier molecular flexibility index (Phi) is 12.7. The number of carbonyl (C=O) groups excluding carboxylic acids is 2. The zero-order valence-electron chi connectivity index (χ0n) is 27.2. The fourth-order valence-electron chi connectivity index (χ4n) is 5.06. The standard InChI is InChI=1S/C36H39Cl2N3O6S/c1-5-25(2)39-36(43)32(21-26-12-8-6-9-13-26)40(23-27-16-18-30(37)31(38)20-27)35(42)24-41(28-14-10-7-11-15-28)48(44,45)29-17-19-33(46-3)34(22-29)47-4/h6-20,22,25,32H,5,21,23-24H2,1-4H3,(H,39,43)/t25-,32+/m1/s1. The van der Waals surface area contributed by atoms with Crippen LogP contribution in [0.1, 0.15) is 31.4 Å². The lowest BCUT2D eigenvalue weighted by Crippen LogP contribution is -2.54. The van der Waals surface area contributed by atoms with Gasteiger partial charge in [-0.2, -0.15) is 0 Å². The maximum atomic E-state index is 14.6. The minimum Gasteiger partial charge on any atom is -0.493 e. The second-order valence-electron chi connectivity index (χ2n) is 11.2. The molecule has 0 aliphatic carbocycles. The molecular formula is C36H39Cl2N3O6S. The van der Waals surface area contributed by atoms with Crippen molar-refractivity contribution in [3.8, 4) is 11.5 Å². The Bertz CT molecular complexity index is 1810. The Morgan fingerprint density at radius 3 is 2.06 bits per heavy atom. The van der Waals surface area contributed by atoms with E-state index in [1.165, 1.54) is 37.3 Å². The summed E-state index contributed by atoms with van der Waals surface area (Å²) in [5.41, 5.74) is 1.70. The number of methoxy groups -OCH3 is 2. The zero-order chi connectivity index (χ0) is 34.8. The van der Waals surface area contributed by atoms with E-state index in [0.717, 1.165) is 9.87 Å². The van der Waals surface area contributed by atoms with Crippen LogP contribution < -0.4 is 19.1 Å². The summed E-state index contributed by atoms with van der Waals surface area (Å²) >= 11 is 12.5. The van der Waals surface area contributed by atoms with Crippen LogP contribution in [0, 0.1) is 0 Å². The van der Waals surface area contributed by atoms with Crippen molar-refractivity contribution >= 4 is 50.7 Å². The summed E-state index contributed by atoms with van der Waals surface area (Å²) in [5.74, 6) is -0.406. The van der Waals surface area contributed by atoms with Crippen LogP contribution in [0.5, 0.6) is 11.5 Å². The van der Waals surface area contributed by atoms with Crippen molar-refractivity contribution in [1.29, 1.82) is 0 Å². The Balaban J connectivity index is 1.83.